The summed E-state index contributed by atoms with van der Waals surface area (Å²) in [6.07, 6.45) is 5.49. The van der Waals surface area contributed by atoms with Gasteiger partial charge in [0.25, 0.3) is 0 Å². The van der Waals surface area contributed by atoms with Gasteiger partial charge in [0.1, 0.15) is 0 Å². The van der Waals surface area contributed by atoms with E-state index in [0.717, 1.165) is 29.8 Å². The van der Waals surface area contributed by atoms with Crippen molar-refractivity contribution in [1.29, 1.82) is 0 Å². The number of hydrogen-bond acceptors (Lipinski definition) is 4. The van der Waals surface area contributed by atoms with Crippen LogP contribution in [-0.2, 0) is 0 Å². The van der Waals surface area contributed by atoms with Gasteiger partial charge < -0.3 is 11.1 Å². The van der Waals surface area contributed by atoms with Gasteiger partial charge in [-0.05, 0) is 31.4 Å². The Balaban J connectivity index is 1.82. The van der Waals surface area contributed by atoms with E-state index in [2.05, 4.69) is 15.3 Å². The summed E-state index contributed by atoms with van der Waals surface area (Å²) < 4.78 is 0. The summed E-state index contributed by atoms with van der Waals surface area (Å²) in [4.78, 5) is 8.92. The van der Waals surface area contributed by atoms with Gasteiger partial charge in [-0.3, -0.25) is 0 Å². The molecule has 1 fully saturated rings. The number of nitrogens with two attached hydrogens (primary N) is 1. The number of para-hydroxylation sites is 1. The minimum Gasteiger partial charge on any atom is -0.351 e. The molecule has 1 heterocycles. The molecule has 18 heavy (non-hydrogen) atoms. The predicted molar refractivity (Wildman–Crippen MR) is 73.3 cm³/mol. The molecule has 1 aromatic carbocycles. The van der Waals surface area contributed by atoms with Crippen LogP contribution in [-0.4, -0.2) is 22.6 Å². The summed E-state index contributed by atoms with van der Waals surface area (Å²) >= 11 is 0. The lowest BCUT2D eigenvalue weighted by atomic mass is 10.0. The third kappa shape index (κ3) is 2.16. The van der Waals surface area contributed by atoms with Crippen molar-refractivity contribution < 1.29 is 0 Å². The molecule has 1 saturated carbocycles. The fourth-order valence-electron chi connectivity index (χ4n) is 2.72. The van der Waals surface area contributed by atoms with Crippen LogP contribution in [0.3, 0.4) is 0 Å². The van der Waals surface area contributed by atoms with Gasteiger partial charge in [0, 0.05) is 17.6 Å². The lowest BCUT2D eigenvalue weighted by molar-refractivity contribution is 0.514. The summed E-state index contributed by atoms with van der Waals surface area (Å²) in [6.45, 7) is 0.741. The molecule has 1 aliphatic rings. The van der Waals surface area contributed by atoms with E-state index >= 15 is 0 Å². The number of anilines is 1. The van der Waals surface area contributed by atoms with E-state index in [-0.39, 0.29) is 0 Å². The second kappa shape index (κ2) is 4.90. The normalized spacial score (nSPS) is 23.4. The molecule has 2 atom stereocenters. The van der Waals surface area contributed by atoms with Crippen LogP contribution in [0.1, 0.15) is 19.3 Å². The van der Waals surface area contributed by atoms with E-state index in [9.17, 15) is 0 Å². The second-order valence-electron chi connectivity index (χ2n) is 4.93. The number of nitrogens with one attached hydrogen (secondary N) is 1. The predicted octanol–water partition coefficient (Wildman–Crippen LogP) is 2.17. The van der Waals surface area contributed by atoms with Gasteiger partial charge in [-0.1, -0.05) is 24.6 Å². The van der Waals surface area contributed by atoms with E-state index in [0.29, 0.717) is 12.0 Å². The maximum Gasteiger partial charge on any atom is 0.223 e. The molecule has 1 aliphatic carbocycles. The molecule has 4 nitrogen and oxygen atoms in total. The van der Waals surface area contributed by atoms with E-state index in [4.69, 9.17) is 5.73 Å². The molecule has 0 amide bonds. The standard InChI is InChI=1S/C14H18N4/c15-8-10-5-3-7-12(10)17-14-16-9-11-4-1-2-6-13(11)18-14/h1-2,4,6,9-10,12H,3,5,7-8,15H2,(H,16,17,18). The maximum absolute atomic E-state index is 5.79. The van der Waals surface area contributed by atoms with Crippen LogP contribution in [0, 0.1) is 5.92 Å². The highest BCUT2D eigenvalue weighted by molar-refractivity contribution is 5.78. The minimum absolute atomic E-state index is 0.427. The SMILES string of the molecule is NCC1CCCC1Nc1ncc2ccccc2n1. The fourth-order valence-corrected chi connectivity index (χ4v) is 2.72. The van der Waals surface area contributed by atoms with Crippen LogP contribution in [0.15, 0.2) is 30.5 Å². The summed E-state index contributed by atoms with van der Waals surface area (Å²) in [5.74, 6) is 1.28. The topological polar surface area (TPSA) is 63.8 Å². The molecule has 1 aromatic heterocycles. The molecule has 3 N–H and O–H groups in total. The van der Waals surface area contributed by atoms with Gasteiger partial charge in [0.15, 0.2) is 0 Å². The van der Waals surface area contributed by atoms with Crippen LogP contribution in [0.2, 0.25) is 0 Å². The first-order valence-corrected chi connectivity index (χ1v) is 6.55. The molecule has 0 saturated heterocycles. The molecule has 2 aromatic rings. The van der Waals surface area contributed by atoms with Crippen molar-refractivity contribution in [2.24, 2.45) is 11.7 Å². The highest BCUT2D eigenvalue weighted by Crippen LogP contribution is 2.27. The van der Waals surface area contributed by atoms with Gasteiger partial charge in [0.05, 0.1) is 5.52 Å². The Labute approximate surface area is 107 Å². The van der Waals surface area contributed by atoms with Crippen LogP contribution in [0.25, 0.3) is 10.9 Å². The average molecular weight is 242 g/mol. The number of hydrogen-bond donors (Lipinski definition) is 2. The van der Waals surface area contributed by atoms with Crippen LogP contribution in [0.5, 0.6) is 0 Å². The Morgan fingerprint density at radius 2 is 2.17 bits per heavy atom. The molecule has 0 spiro atoms. The fraction of sp³-hybridized carbons (Fsp3) is 0.429. The molecule has 2 unspecified atom stereocenters. The highest BCUT2D eigenvalue weighted by atomic mass is 15.1. The summed E-state index contributed by atoms with van der Waals surface area (Å²) in [5.41, 5.74) is 6.77. The molecule has 94 valence electrons. The first-order valence-electron chi connectivity index (χ1n) is 6.55. The summed E-state index contributed by atoms with van der Waals surface area (Å²) in [5, 5.41) is 4.51. The summed E-state index contributed by atoms with van der Waals surface area (Å²) in [7, 11) is 0. The first kappa shape index (κ1) is 11.4. The second-order valence-corrected chi connectivity index (χ2v) is 4.93. The maximum atomic E-state index is 5.79. The van der Waals surface area contributed by atoms with E-state index < -0.39 is 0 Å². The molecular formula is C14H18N4. The zero-order valence-electron chi connectivity index (χ0n) is 10.3. The Bertz CT molecular complexity index is 540. The largest absolute Gasteiger partial charge is 0.351 e. The van der Waals surface area contributed by atoms with Crippen molar-refractivity contribution in [2.75, 3.05) is 11.9 Å². The summed E-state index contributed by atoms with van der Waals surface area (Å²) in [6, 6.07) is 8.46. The Hall–Kier alpha value is -1.68. The number of benzene rings is 1. The molecular weight excluding hydrogens is 224 g/mol. The Morgan fingerprint density at radius 3 is 3.06 bits per heavy atom. The van der Waals surface area contributed by atoms with Gasteiger partial charge in [-0.25, -0.2) is 9.97 Å². The molecule has 4 heteroatoms. The zero-order chi connectivity index (χ0) is 12.4. The van der Waals surface area contributed by atoms with Crippen molar-refractivity contribution in [2.45, 2.75) is 25.3 Å². The van der Waals surface area contributed by atoms with Crippen LogP contribution in [0.4, 0.5) is 5.95 Å². The van der Waals surface area contributed by atoms with Crippen LogP contribution >= 0.6 is 0 Å². The van der Waals surface area contributed by atoms with Gasteiger partial charge in [-0.2, -0.15) is 0 Å². The Kier molecular flexibility index (Phi) is 3.11. The quantitative estimate of drug-likeness (QED) is 0.865. The number of aromatic nitrogens is 2. The van der Waals surface area contributed by atoms with Gasteiger partial charge in [-0.15, -0.1) is 0 Å². The lowest BCUT2D eigenvalue weighted by Gasteiger charge is -2.19. The van der Waals surface area contributed by atoms with Crippen molar-refractivity contribution in [3.05, 3.63) is 30.5 Å². The number of fused-ring (bicyclic) bond motifs is 1. The van der Waals surface area contributed by atoms with E-state index in [1.807, 2.05) is 30.5 Å². The van der Waals surface area contributed by atoms with Crippen molar-refractivity contribution >= 4 is 16.9 Å². The van der Waals surface area contributed by atoms with E-state index in [1.54, 1.807) is 0 Å². The van der Waals surface area contributed by atoms with E-state index in [1.165, 1.54) is 12.8 Å². The zero-order valence-corrected chi connectivity index (χ0v) is 10.3. The van der Waals surface area contributed by atoms with Crippen molar-refractivity contribution in [3.8, 4) is 0 Å². The smallest absolute Gasteiger partial charge is 0.223 e. The van der Waals surface area contributed by atoms with Gasteiger partial charge in [0.2, 0.25) is 5.95 Å². The molecule has 0 radical (unpaired) electrons. The lowest BCUT2D eigenvalue weighted by Crippen LogP contribution is -2.30. The number of nitrogens with zero attached hydrogens (tertiary/aromatic N) is 2. The minimum atomic E-state index is 0.427. The molecule has 0 bridgehead atoms. The average Bonchev–Trinajstić information content (AvgIpc) is 2.86. The monoisotopic (exact) mass is 242 g/mol. The van der Waals surface area contributed by atoms with Crippen molar-refractivity contribution in [3.63, 3.8) is 0 Å². The van der Waals surface area contributed by atoms with Gasteiger partial charge >= 0.3 is 0 Å². The Morgan fingerprint density at radius 1 is 1.28 bits per heavy atom. The van der Waals surface area contributed by atoms with Crippen LogP contribution < -0.4 is 11.1 Å². The number of rotatable bonds is 3. The molecule has 0 aliphatic heterocycles. The van der Waals surface area contributed by atoms with Crippen molar-refractivity contribution in [1.82, 2.24) is 9.97 Å². The third-order valence-corrected chi connectivity index (χ3v) is 3.77. The first-order chi connectivity index (χ1) is 8.86. The third-order valence-electron chi connectivity index (χ3n) is 3.77. The highest BCUT2D eigenvalue weighted by Gasteiger charge is 2.26. The molecule has 3 rings (SSSR count).